The molecule has 0 unspecified atom stereocenters. The van der Waals surface area contributed by atoms with E-state index in [1.54, 1.807) is 17.7 Å². The standard InChI is InChI=1S/C20H25N3O4/c1-21-15(12-19(24)22(2)20(21)25)13-23-8-3-5-16(23)14-6-7-17-18(11-14)27-10-4-9-26-17/h6-7,11-12,16H,3-5,8-10,13H2,1-2H3/t16-/m1/s1. The molecule has 0 radical (unpaired) electrons. The van der Waals surface area contributed by atoms with Crippen molar-refractivity contribution in [3.63, 3.8) is 0 Å². The van der Waals surface area contributed by atoms with Crippen molar-refractivity contribution in [2.45, 2.75) is 31.8 Å². The molecule has 0 aliphatic carbocycles. The van der Waals surface area contributed by atoms with Gasteiger partial charge in [-0.1, -0.05) is 6.07 Å². The van der Waals surface area contributed by atoms with Gasteiger partial charge in [0.25, 0.3) is 5.56 Å². The Bertz CT molecular complexity index is 963. The van der Waals surface area contributed by atoms with E-state index in [2.05, 4.69) is 17.0 Å². The number of benzene rings is 1. The zero-order valence-electron chi connectivity index (χ0n) is 15.8. The van der Waals surface area contributed by atoms with Crippen molar-refractivity contribution in [3.8, 4) is 11.5 Å². The molecule has 4 rings (SSSR count). The second kappa shape index (κ2) is 7.23. The van der Waals surface area contributed by atoms with Gasteiger partial charge in [0.1, 0.15) is 0 Å². The molecule has 0 saturated carbocycles. The van der Waals surface area contributed by atoms with Gasteiger partial charge in [-0.3, -0.25) is 18.8 Å². The van der Waals surface area contributed by atoms with Crippen LogP contribution in [0.25, 0.3) is 0 Å². The number of nitrogens with zero attached hydrogens (tertiary/aromatic N) is 3. The lowest BCUT2D eigenvalue weighted by Crippen LogP contribution is -2.39. The highest BCUT2D eigenvalue weighted by molar-refractivity contribution is 5.44. The predicted molar refractivity (Wildman–Crippen MR) is 101 cm³/mol. The van der Waals surface area contributed by atoms with E-state index >= 15 is 0 Å². The highest BCUT2D eigenvalue weighted by Crippen LogP contribution is 2.38. The van der Waals surface area contributed by atoms with Gasteiger partial charge in [-0.25, -0.2) is 4.79 Å². The third kappa shape index (κ3) is 3.39. The molecular weight excluding hydrogens is 346 g/mol. The van der Waals surface area contributed by atoms with Crippen molar-refractivity contribution < 1.29 is 9.47 Å². The average Bonchev–Trinajstić information content (AvgIpc) is 3.00. The van der Waals surface area contributed by atoms with E-state index < -0.39 is 0 Å². The van der Waals surface area contributed by atoms with Crippen molar-refractivity contribution in [2.75, 3.05) is 19.8 Å². The molecule has 0 spiro atoms. The van der Waals surface area contributed by atoms with Gasteiger partial charge in [-0.05, 0) is 37.1 Å². The minimum absolute atomic E-state index is 0.237. The Morgan fingerprint density at radius 2 is 1.78 bits per heavy atom. The SMILES string of the molecule is Cn1c(CN2CCC[C@@H]2c2ccc3c(c2)OCCCO3)cc(=O)n(C)c1=O. The largest absolute Gasteiger partial charge is 0.490 e. The summed E-state index contributed by atoms with van der Waals surface area (Å²) >= 11 is 0. The highest BCUT2D eigenvalue weighted by atomic mass is 16.5. The summed E-state index contributed by atoms with van der Waals surface area (Å²) in [7, 11) is 3.22. The summed E-state index contributed by atoms with van der Waals surface area (Å²) < 4.78 is 14.3. The minimum atomic E-state index is -0.288. The topological polar surface area (TPSA) is 65.7 Å². The van der Waals surface area contributed by atoms with E-state index in [0.29, 0.717) is 19.8 Å². The molecule has 1 atom stereocenters. The van der Waals surface area contributed by atoms with Gasteiger partial charge in [0, 0.05) is 44.9 Å². The molecule has 2 aliphatic rings. The van der Waals surface area contributed by atoms with Crippen LogP contribution in [0, 0.1) is 0 Å². The van der Waals surface area contributed by atoms with Gasteiger partial charge in [-0.15, -0.1) is 0 Å². The summed E-state index contributed by atoms with van der Waals surface area (Å²) in [4.78, 5) is 26.6. The third-order valence-electron chi connectivity index (χ3n) is 5.51. The fourth-order valence-corrected chi connectivity index (χ4v) is 3.92. The molecular formula is C20H25N3O4. The summed E-state index contributed by atoms with van der Waals surface area (Å²) in [5, 5.41) is 0. The first kappa shape index (κ1) is 17.9. The Kier molecular flexibility index (Phi) is 4.78. The lowest BCUT2D eigenvalue weighted by atomic mass is 10.0. The zero-order valence-corrected chi connectivity index (χ0v) is 15.8. The van der Waals surface area contributed by atoms with Crippen LogP contribution in [0.1, 0.15) is 36.6 Å². The van der Waals surface area contributed by atoms with Crippen LogP contribution in [-0.4, -0.2) is 33.8 Å². The van der Waals surface area contributed by atoms with Crippen LogP contribution in [0.4, 0.5) is 0 Å². The predicted octanol–water partition coefficient (Wildman–Crippen LogP) is 1.58. The number of rotatable bonds is 3. The van der Waals surface area contributed by atoms with Crippen molar-refractivity contribution >= 4 is 0 Å². The molecule has 1 aromatic carbocycles. The Morgan fingerprint density at radius 3 is 2.59 bits per heavy atom. The van der Waals surface area contributed by atoms with E-state index in [9.17, 15) is 9.59 Å². The Morgan fingerprint density at radius 1 is 1.00 bits per heavy atom. The van der Waals surface area contributed by atoms with E-state index in [1.807, 2.05) is 6.07 Å². The van der Waals surface area contributed by atoms with E-state index in [4.69, 9.17) is 9.47 Å². The maximum atomic E-state index is 12.2. The summed E-state index contributed by atoms with van der Waals surface area (Å²) in [6.45, 7) is 2.85. The molecule has 0 amide bonds. The summed E-state index contributed by atoms with van der Waals surface area (Å²) in [5.41, 5.74) is 1.37. The van der Waals surface area contributed by atoms with Gasteiger partial charge in [-0.2, -0.15) is 0 Å². The Labute approximate surface area is 157 Å². The fourth-order valence-electron chi connectivity index (χ4n) is 3.92. The monoisotopic (exact) mass is 371 g/mol. The van der Waals surface area contributed by atoms with Crippen LogP contribution in [0.3, 0.4) is 0 Å². The lowest BCUT2D eigenvalue weighted by molar-refractivity contribution is 0.240. The number of hydrogen-bond acceptors (Lipinski definition) is 5. The van der Waals surface area contributed by atoms with Gasteiger partial charge in [0.2, 0.25) is 0 Å². The van der Waals surface area contributed by atoms with Crippen molar-refractivity contribution in [1.29, 1.82) is 0 Å². The first-order valence-electron chi connectivity index (χ1n) is 9.44. The van der Waals surface area contributed by atoms with Crippen molar-refractivity contribution in [3.05, 3.63) is 56.4 Å². The van der Waals surface area contributed by atoms with Crippen LogP contribution >= 0.6 is 0 Å². The van der Waals surface area contributed by atoms with Gasteiger partial charge < -0.3 is 9.47 Å². The van der Waals surface area contributed by atoms with Crippen molar-refractivity contribution in [1.82, 2.24) is 14.0 Å². The van der Waals surface area contributed by atoms with Gasteiger partial charge in [0.05, 0.1) is 13.2 Å². The molecule has 144 valence electrons. The molecule has 7 nitrogen and oxygen atoms in total. The van der Waals surface area contributed by atoms with Crippen LogP contribution in [0.2, 0.25) is 0 Å². The summed E-state index contributed by atoms with van der Waals surface area (Å²) in [5.74, 6) is 1.60. The molecule has 3 heterocycles. The molecule has 27 heavy (non-hydrogen) atoms. The Balaban J connectivity index is 1.61. The maximum absolute atomic E-state index is 12.2. The van der Waals surface area contributed by atoms with Gasteiger partial charge in [0.15, 0.2) is 11.5 Å². The maximum Gasteiger partial charge on any atom is 0.330 e. The van der Waals surface area contributed by atoms with Crippen LogP contribution in [-0.2, 0) is 20.6 Å². The molecule has 0 N–H and O–H groups in total. The summed E-state index contributed by atoms with van der Waals surface area (Å²) in [6.07, 6.45) is 3.01. The normalized spacial score (nSPS) is 19.9. The minimum Gasteiger partial charge on any atom is -0.490 e. The number of ether oxygens (including phenoxy) is 2. The molecule has 7 heteroatoms. The first-order valence-corrected chi connectivity index (χ1v) is 9.44. The van der Waals surface area contributed by atoms with Crippen LogP contribution < -0.4 is 20.7 Å². The molecule has 0 bridgehead atoms. The zero-order chi connectivity index (χ0) is 19.0. The highest BCUT2D eigenvalue weighted by Gasteiger charge is 2.28. The molecule has 1 fully saturated rings. The third-order valence-corrected chi connectivity index (χ3v) is 5.51. The quantitative estimate of drug-likeness (QED) is 0.820. The molecule has 1 aromatic heterocycles. The summed E-state index contributed by atoms with van der Waals surface area (Å²) in [6, 6.07) is 7.96. The number of fused-ring (bicyclic) bond motifs is 1. The number of likely N-dealkylation sites (tertiary alicyclic amines) is 1. The average molecular weight is 371 g/mol. The number of aromatic nitrogens is 2. The molecule has 2 aliphatic heterocycles. The van der Waals surface area contributed by atoms with Crippen molar-refractivity contribution in [2.24, 2.45) is 14.1 Å². The van der Waals surface area contributed by atoms with Gasteiger partial charge >= 0.3 is 5.69 Å². The number of hydrogen-bond donors (Lipinski definition) is 0. The first-order chi connectivity index (χ1) is 13.0. The van der Waals surface area contributed by atoms with E-state index in [1.165, 1.54) is 12.6 Å². The molecule has 1 saturated heterocycles. The van der Waals surface area contributed by atoms with Crippen LogP contribution in [0.5, 0.6) is 11.5 Å². The van der Waals surface area contributed by atoms with E-state index in [0.717, 1.165) is 47.6 Å². The lowest BCUT2D eigenvalue weighted by Gasteiger charge is -2.26. The second-order valence-corrected chi connectivity index (χ2v) is 7.26. The van der Waals surface area contributed by atoms with E-state index in [-0.39, 0.29) is 17.3 Å². The smallest absolute Gasteiger partial charge is 0.330 e. The second-order valence-electron chi connectivity index (χ2n) is 7.26. The fraction of sp³-hybridized carbons (Fsp3) is 0.500. The Hall–Kier alpha value is -2.54. The van der Waals surface area contributed by atoms with Crippen LogP contribution in [0.15, 0.2) is 33.9 Å². The molecule has 2 aromatic rings.